The Kier molecular flexibility index (Phi) is 5.91. The van der Waals surface area contributed by atoms with Crippen LogP contribution >= 0.6 is 0 Å². The van der Waals surface area contributed by atoms with Crippen LogP contribution in [0.1, 0.15) is 12.8 Å². The van der Waals surface area contributed by atoms with Gasteiger partial charge in [0.15, 0.2) is 0 Å². The molecule has 1 aliphatic heterocycles. The minimum atomic E-state index is -0.626. The maximum absolute atomic E-state index is 12.5. The number of aromatic nitrogens is 1. The number of nitro groups is 1. The summed E-state index contributed by atoms with van der Waals surface area (Å²) in [7, 11) is 0. The average molecular weight is 399 g/mol. The second kappa shape index (κ2) is 8.55. The van der Waals surface area contributed by atoms with Crippen molar-refractivity contribution in [2.75, 3.05) is 23.3 Å². The highest BCUT2D eigenvalue weighted by Gasteiger charge is 2.24. The molecule has 3 N–H and O–H groups in total. The first kappa shape index (κ1) is 20.1. The van der Waals surface area contributed by atoms with Crippen molar-refractivity contribution in [1.82, 2.24) is 4.57 Å². The molecule has 10 nitrogen and oxygen atoms in total. The number of anilines is 2. The number of carbonyl (C=O) groups is 2. The monoisotopic (exact) mass is 399 g/mol. The van der Waals surface area contributed by atoms with Gasteiger partial charge >= 0.3 is 0 Å². The van der Waals surface area contributed by atoms with E-state index in [9.17, 15) is 24.5 Å². The van der Waals surface area contributed by atoms with Crippen molar-refractivity contribution < 1.29 is 14.5 Å². The third-order valence-corrected chi connectivity index (χ3v) is 4.91. The molecule has 10 heteroatoms. The fourth-order valence-corrected chi connectivity index (χ4v) is 3.35. The number of carbonyl (C=O) groups excluding carboxylic acids is 2. The van der Waals surface area contributed by atoms with E-state index in [-0.39, 0.29) is 24.1 Å². The molecule has 0 radical (unpaired) electrons. The van der Waals surface area contributed by atoms with Crippen molar-refractivity contribution in [2.24, 2.45) is 11.7 Å². The number of amides is 2. The summed E-state index contributed by atoms with van der Waals surface area (Å²) in [6.45, 7) is 0.911. The van der Waals surface area contributed by atoms with Crippen molar-refractivity contribution in [2.45, 2.75) is 19.4 Å². The normalized spacial score (nSPS) is 14.4. The molecule has 1 fully saturated rings. The number of piperidine rings is 1. The van der Waals surface area contributed by atoms with E-state index in [0.717, 1.165) is 28.6 Å². The summed E-state index contributed by atoms with van der Waals surface area (Å²) in [6.07, 6.45) is 2.32. The lowest BCUT2D eigenvalue weighted by molar-refractivity contribution is -0.385. The van der Waals surface area contributed by atoms with E-state index in [4.69, 9.17) is 5.73 Å². The van der Waals surface area contributed by atoms with Gasteiger partial charge in [-0.2, -0.15) is 0 Å². The Hall–Kier alpha value is -3.69. The quantitative estimate of drug-likeness (QED) is 0.550. The van der Waals surface area contributed by atoms with Crippen molar-refractivity contribution in [3.05, 3.63) is 63.1 Å². The second-order valence-corrected chi connectivity index (χ2v) is 6.84. The Balaban J connectivity index is 1.72. The minimum absolute atomic E-state index is 0.145. The Labute approximate surface area is 166 Å². The summed E-state index contributed by atoms with van der Waals surface area (Å²) in [5.41, 5.74) is 5.97. The van der Waals surface area contributed by atoms with E-state index in [2.05, 4.69) is 10.2 Å². The molecule has 0 atom stereocenters. The second-order valence-electron chi connectivity index (χ2n) is 6.84. The molecule has 1 aliphatic rings. The zero-order valence-electron chi connectivity index (χ0n) is 15.6. The van der Waals surface area contributed by atoms with Crippen LogP contribution in [0, 0.1) is 16.0 Å². The topological polar surface area (TPSA) is 141 Å². The van der Waals surface area contributed by atoms with E-state index >= 15 is 0 Å². The average Bonchev–Trinajstić information content (AvgIpc) is 2.70. The molecule has 0 unspecified atom stereocenters. The number of nitrogens with one attached hydrogen (secondary N) is 1. The van der Waals surface area contributed by atoms with Gasteiger partial charge in [0, 0.05) is 31.1 Å². The number of rotatable bonds is 6. The Morgan fingerprint density at radius 3 is 2.52 bits per heavy atom. The van der Waals surface area contributed by atoms with E-state index < -0.39 is 16.4 Å². The van der Waals surface area contributed by atoms with Crippen LogP contribution in [0.15, 0.2) is 47.4 Å². The lowest BCUT2D eigenvalue weighted by atomic mass is 9.96. The molecule has 0 saturated carbocycles. The third-order valence-electron chi connectivity index (χ3n) is 4.91. The summed E-state index contributed by atoms with van der Waals surface area (Å²) < 4.78 is 0.994. The molecule has 152 valence electrons. The number of para-hydroxylation sites is 2. The number of primary amides is 1. The van der Waals surface area contributed by atoms with Gasteiger partial charge in [-0.1, -0.05) is 12.1 Å². The molecule has 0 spiro atoms. The zero-order chi connectivity index (χ0) is 21.0. The summed E-state index contributed by atoms with van der Waals surface area (Å²) in [5.74, 6) is -0.922. The van der Waals surface area contributed by atoms with Crippen LogP contribution in [0.4, 0.5) is 17.1 Å². The Morgan fingerprint density at radius 1 is 1.17 bits per heavy atom. The first-order valence-corrected chi connectivity index (χ1v) is 9.13. The molecule has 29 heavy (non-hydrogen) atoms. The lowest BCUT2D eigenvalue weighted by Crippen LogP contribution is -2.39. The van der Waals surface area contributed by atoms with E-state index in [1.54, 1.807) is 12.1 Å². The highest BCUT2D eigenvalue weighted by atomic mass is 16.6. The third kappa shape index (κ3) is 4.78. The number of pyridine rings is 1. The van der Waals surface area contributed by atoms with Crippen molar-refractivity contribution in [3.63, 3.8) is 0 Å². The molecule has 1 saturated heterocycles. The zero-order valence-corrected chi connectivity index (χ0v) is 15.6. The largest absolute Gasteiger partial charge is 0.370 e. The standard InChI is InChI=1S/C19H21N5O5/c20-19(27)13-7-9-22(10-8-13)16-4-2-1-3-15(16)21-17(25)12-23-11-14(24(28)29)5-6-18(23)26/h1-6,11,13H,7-10,12H2,(H2,20,27)(H,21,25). The predicted octanol–water partition coefficient (Wildman–Crippen LogP) is 1.10. The van der Waals surface area contributed by atoms with Gasteiger partial charge in [0.05, 0.1) is 22.5 Å². The number of hydrogen-bond acceptors (Lipinski definition) is 6. The Morgan fingerprint density at radius 2 is 1.86 bits per heavy atom. The summed E-state index contributed by atoms with van der Waals surface area (Å²) in [6, 6.07) is 9.37. The van der Waals surface area contributed by atoms with Crippen LogP contribution in [-0.4, -0.2) is 34.4 Å². The van der Waals surface area contributed by atoms with Gasteiger partial charge in [-0.05, 0) is 25.0 Å². The molecule has 2 amide bonds. The molecule has 2 aromatic rings. The van der Waals surface area contributed by atoms with Crippen LogP contribution in [0.3, 0.4) is 0 Å². The number of nitrogens with zero attached hydrogens (tertiary/aromatic N) is 3. The molecule has 1 aromatic heterocycles. The van der Waals surface area contributed by atoms with Crippen molar-refractivity contribution >= 4 is 28.9 Å². The smallest absolute Gasteiger partial charge is 0.285 e. The summed E-state index contributed by atoms with van der Waals surface area (Å²) >= 11 is 0. The Bertz CT molecular complexity index is 994. The van der Waals surface area contributed by atoms with Crippen molar-refractivity contribution in [1.29, 1.82) is 0 Å². The first-order valence-electron chi connectivity index (χ1n) is 9.13. The molecule has 0 aliphatic carbocycles. The van der Waals surface area contributed by atoms with Gasteiger partial charge in [0.1, 0.15) is 6.54 Å². The number of benzene rings is 1. The number of nitrogens with two attached hydrogens (primary N) is 1. The predicted molar refractivity (Wildman–Crippen MR) is 107 cm³/mol. The van der Waals surface area contributed by atoms with Gasteiger partial charge in [0.2, 0.25) is 11.8 Å². The highest BCUT2D eigenvalue weighted by molar-refractivity contribution is 5.94. The maximum atomic E-state index is 12.5. The van der Waals surface area contributed by atoms with Crippen LogP contribution in [0.25, 0.3) is 0 Å². The van der Waals surface area contributed by atoms with Crippen LogP contribution in [0.2, 0.25) is 0 Å². The van der Waals surface area contributed by atoms with Crippen LogP contribution in [-0.2, 0) is 16.1 Å². The van der Waals surface area contributed by atoms with Crippen LogP contribution < -0.4 is 21.5 Å². The van der Waals surface area contributed by atoms with Crippen LogP contribution in [0.5, 0.6) is 0 Å². The van der Waals surface area contributed by atoms with E-state index in [1.807, 2.05) is 12.1 Å². The van der Waals surface area contributed by atoms with Crippen molar-refractivity contribution in [3.8, 4) is 0 Å². The van der Waals surface area contributed by atoms with Gasteiger partial charge in [0.25, 0.3) is 11.2 Å². The van der Waals surface area contributed by atoms with Gasteiger partial charge < -0.3 is 16.0 Å². The van der Waals surface area contributed by atoms with Gasteiger partial charge in [-0.15, -0.1) is 0 Å². The summed E-state index contributed by atoms with van der Waals surface area (Å²) in [5, 5.41) is 13.6. The molecule has 0 bridgehead atoms. The van der Waals surface area contributed by atoms with E-state index in [1.165, 1.54) is 0 Å². The SMILES string of the molecule is NC(=O)C1CCN(c2ccccc2NC(=O)Cn2cc([N+](=O)[O-])ccc2=O)CC1. The molecule has 1 aromatic carbocycles. The highest BCUT2D eigenvalue weighted by Crippen LogP contribution is 2.29. The van der Waals surface area contributed by atoms with Gasteiger partial charge in [-0.3, -0.25) is 29.1 Å². The lowest BCUT2D eigenvalue weighted by Gasteiger charge is -2.33. The van der Waals surface area contributed by atoms with E-state index in [0.29, 0.717) is 31.6 Å². The maximum Gasteiger partial charge on any atom is 0.285 e. The molecule has 3 rings (SSSR count). The first-order chi connectivity index (χ1) is 13.8. The summed E-state index contributed by atoms with van der Waals surface area (Å²) in [4.78, 5) is 48.0. The number of hydrogen-bond donors (Lipinski definition) is 2. The fraction of sp³-hybridized carbons (Fsp3) is 0.316. The minimum Gasteiger partial charge on any atom is -0.370 e. The molecular weight excluding hydrogens is 378 g/mol. The molecule has 2 heterocycles. The van der Waals surface area contributed by atoms with Gasteiger partial charge in [-0.25, -0.2) is 0 Å². The fourth-order valence-electron chi connectivity index (χ4n) is 3.35. The molecular formula is C19H21N5O5.